The number of nitrogens with one attached hydrogen (secondary N) is 1. The van der Waals surface area contributed by atoms with Gasteiger partial charge in [-0.3, -0.25) is 0 Å². The van der Waals surface area contributed by atoms with Gasteiger partial charge in [0.1, 0.15) is 0 Å². The lowest BCUT2D eigenvalue weighted by molar-refractivity contribution is 0.587. The van der Waals surface area contributed by atoms with Gasteiger partial charge in [0.2, 0.25) is 10.0 Å². The molecule has 1 rings (SSSR count). The van der Waals surface area contributed by atoms with E-state index in [9.17, 15) is 8.42 Å². The van der Waals surface area contributed by atoms with Crippen LogP contribution in [0.15, 0.2) is 24.3 Å². The molecule has 0 unspecified atom stereocenters. The number of sulfonamides is 1. The van der Waals surface area contributed by atoms with Gasteiger partial charge in [-0.1, -0.05) is 38.1 Å². The molecule has 0 amide bonds. The van der Waals surface area contributed by atoms with Crippen molar-refractivity contribution < 1.29 is 8.42 Å². The van der Waals surface area contributed by atoms with E-state index in [2.05, 4.69) is 18.6 Å². The van der Waals surface area contributed by atoms with Crippen LogP contribution >= 0.6 is 0 Å². The van der Waals surface area contributed by atoms with Crippen molar-refractivity contribution in [1.29, 1.82) is 0 Å². The first-order chi connectivity index (χ1) is 7.43. The fourth-order valence-corrected chi connectivity index (χ4v) is 2.31. The van der Waals surface area contributed by atoms with Crippen molar-refractivity contribution in [2.45, 2.75) is 26.0 Å². The summed E-state index contributed by atoms with van der Waals surface area (Å²) in [6.07, 6.45) is 1.03. The molecule has 0 heterocycles. The summed E-state index contributed by atoms with van der Waals surface area (Å²) in [6, 6.07) is 7.76. The van der Waals surface area contributed by atoms with E-state index < -0.39 is 10.0 Å². The third kappa shape index (κ3) is 4.33. The highest BCUT2D eigenvalue weighted by Gasteiger charge is 2.08. The number of benzene rings is 1. The second-order valence-corrected chi connectivity index (χ2v) is 6.30. The molecule has 3 nitrogen and oxygen atoms in total. The van der Waals surface area contributed by atoms with Crippen molar-refractivity contribution in [3.05, 3.63) is 35.4 Å². The number of hydrogen-bond donors (Lipinski definition) is 1. The Morgan fingerprint density at radius 3 is 2.06 bits per heavy atom. The fourth-order valence-electron chi connectivity index (χ4n) is 1.53. The predicted octanol–water partition coefficient (Wildman–Crippen LogP) is 1.93. The molecule has 90 valence electrons. The Morgan fingerprint density at radius 2 is 1.62 bits per heavy atom. The molecule has 0 bridgehead atoms. The van der Waals surface area contributed by atoms with Crippen LogP contribution in [0.4, 0.5) is 0 Å². The topological polar surface area (TPSA) is 46.2 Å². The molecule has 0 spiro atoms. The van der Waals surface area contributed by atoms with Gasteiger partial charge in [-0.25, -0.2) is 13.1 Å². The summed E-state index contributed by atoms with van der Waals surface area (Å²) < 4.78 is 24.9. The van der Waals surface area contributed by atoms with E-state index >= 15 is 0 Å². The molecule has 0 atom stereocenters. The van der Waals surface area contributed by atoms with Gasteiger partial charge in [0.15, 0.2) is 0 Å². The quantitative estimate of drug-likeness (QED) is 0.856. The highest BCUT2D eigenvalue weighted by molar-refractivity contribution is 7.88. The first kappa shape index (κ1) is 13.2. The Kier molecular flexibility index (Phi) is 4.50. The van der Waals surface area contributed by atoms with Gasteiger partial charge in [0.05, 0.1) is 5.75 Å². The second kappa shape index (κ2) is 5.46. The van der Waals surface area contributed by atoms with Crippen LogP contribution in [0.3, 0.4) is 0 Å². The van der Waals surface area contributed by atoms with E-state index in [1.54, 1.807) is 0 Å². The fraction of sp³-hybridized carbons (Fsp3) is 0.500. The smallest absolute Gasteiger partial charge is 0.215 e. The molecule has 0 fully saturated rings. The summed E-state index contributed by atoms with van der Waals surface area (Å²) in [7, 11) is -1.73. The Balaban J connectivity index is 2.72. The predicted molar refractivity (Wildman–Crippen MR) is 66.7 cm³/mol. The molecule has 1 aromatic carbocycles. The van der Waals surface area contributed by atoms with Crippen molar-refractivity contribution >= 4 is 10.0 Å². The Hall–Kier alpha value is -0.870. The standard InChI is InChI=1S/C12H19NO2S/c1-10(2)8-11-4-6-12(7-5-11)9-16(14,15)13-3/h4-7,10,13H,8-9H2,1-3H3. The molecule has 0 aliphatic carbocycles. The zero-order chi connectivity index (χ0) is 12.2. The van der Waals surface area contributed by atoms with Gasteiger partial charge in [-0.15, -0.1) is 0 Å². The molecule has 4 heteroatoms. The molecule has 0 saturated carbocycles. The zero-order valence-corrected chi connectivity index (χ0v) is 10.8. The van der Waals surface area contributed by atoms with Crippen LogP contribution in [0.2, 0.25) is 0 Å². The Morgan fingerprint density at radius 1 is 1.12 bits per heavy atom. The SMILES string of the molecule is CNS(=O)(=O)Cc1ccc(CC(C)C)cc1. The molecule has 0 aromatic heterocycles. The summed E-state index contributed by atoms with van der Waals surface area (Å²) in [5.41, 5.74) is 2.07. The average Bonchev–Trinajstić information content (AvgIpc) is 2.20. The number of hydrogen-bond acceptors (Lipinski definition) is 2. The Labute approximate surface area is 97.9 Å². The summed E-state index contributed by atoms with van der Waals surface area (Å²) in [6.45, 7) is 4.33. The van der Waals surface area contributed by atoms with Crippen LogP contribution in [0.1, 0.15) is 25.0 Å². The molecule has 0 saturated heterocycles. The minimum atomic E-state index is -3.16. The van der Waals surface area contributed by atoms with Crippen molar-refractivity contribution in [2.24, 2.45) is 5.92 Å². The molecule has 0 aliphatic rings. The molecule has 0 radical (unpaired) electrons. The highest BCUT2D eigenvalue weighted by atomic mass is 32.2. The van der Waals surface area contributed by atoms with Crippen LogP contribution in [0, 0.1) is 5.92 Å². The minimum absolute atomic E-state index is 0.0471. The van der Waals surface area contributed by atoms with E-state index in [0.717, 1.165) is 12.0 Å². The highest BCUT2D eigenvalue weighted by Crippen LogP contribution is 2.11. The molecule has 1 aromatic rings. The van der Waals surface area contributed by atoms with Gasteiger partial charge in [-0.05, 0) is 30.5 Å². The van der Waals surface area contributed by atoms with Crippen molar-refractivity contribution in [3.63, 3.8) is 0 Å². The lowest BCUT2D eigenvalue weighted by atomic mass is 10.0. The van der Waals surface area contributed by atoms with E-state index in [-0.39, 0.29) is 5.75 Å². The minimum Gasteiger partial charge on any atom is -0.218 e. The third-order valence-corrected chi connectivity index (χ3v) is 3.67. The summed E-state index contributed by atoms with van der Waals surface area (Å²) >= 11 is 0. The van der Waals surface area contributed by atoms with Crippen LogP contribution in [-0.4, -0.2) is 15.5 Å². The van der Waals surface area contributed by atoms with E-state index in [0.29, 0.717) is 5.92 Å². The zero-order valence-electron chi connectivity index (χ0n) is 10.0. The monoisotopic (exact) mass is 241 g/mol. The van der Waals surface area contributed by atoms with Crippen LogP contribution in [-0.2, 0) is 22.2 Å². The normalized spacial score (nSPS) is 12.0. The van der Waals surface area contributed by atoms with Gasteiger partial charge in [-0.2, -0.15) is 0 Å². The number of rotatable bonds is 5. The molecule has 0 aliphatic heterocycles. The maximum atomic E-state index is 11.3. The molecule has 1 N–H and O–H groups in total. The first-order valence-corrected chi connectivity index (χ1v) is 7.07. The summed E-state index contributed by atoms with van der Waals surface area (Å²) in [5.74, 6) is 0.665. The maximum Gasteiger partial charge on any atom is 0.215 e. The maximum absolute atomic E-state index is 11.3. The van der Waals surface area contributed by atoms with Crippen LogP contribution in [0.5, 0.6) is 0 Å². The van der Waals surface area contributed by atoms with Crippen LogP contribution < -0.4 is 4.72 Å². The van der Waals surface area contributed by atoms with Crippen LogP contribution in [0.25, 0.3) is 0 Å². The van der Waals surface area contributed by atoms with E-state index in [1.807, 2.05) is 24.3 Å². The second-order valence-electron chi connectivity index (χ2n) is 4.38. The van der Waals surface area contributed by atoms with Gasteiger partial charge in [0, 0.05) is 0 Å². The molecule has 16 heavy (non-hydrogen) atoms. The van der Waals surface area contributed by atoms with Crippen molar-refractivity contribution in [3.8, 4) is 0 Å². The third-order valence-electron chi connectivity index (χ3n) is 2.33. The van der Waals surface area contributed by atoms with E-state index in [1.165, 1.54) is 12.6 Å². The average molecular weight is 241 g/mol. The summed E-state index contributed by atoms with van der Waals surface area (Å²) in [5, 5.41) is 0. The lowest BCUT2D eigenvalue weighted by Gasteiger charge is -2.06. The largest absolute Gasteiger partial charge is 0.218 e. The Bertz CT molecular complexity index is 421. The van der Waals surface area contributed by atoms with Gasteiger partial charge in [0.25, 0.3) is 0 Å². The lowest BCUT2D eigenvalue weighted by Crippen LogP contribution is -2.20. The van der Waals surface area contributed by atoms with Crippen molar-refractivity contribution in [1.82, 2.24) is 4.72 Å². The van der Waals surface area contributed by atoms with E-state index in [4.69, 9.17) is 0 Å². The first-order valence-electron chi connectivity index (χ1n) is 5.42. The van der Waals surface area contributed by atoms with Gasteiger partial charge < -0.3 is 0 Å². The molecular formula is C12H19NO2S. The van der Waals surface area contributed by atoms with Crippen molar-refractivity contribution in [2.75, 3.05) is 7.05 Å². The summed E-state index contributed by atoms with van der Waals surface area (Å²) in [4.78, 5) is 0. The molecular weight excluding hydrogens is 222 g/mol. The van der Waals surface area contributed by atoms with Gasteiger partial charge >= 0.3 is 0 Å².